The van der Waals surface area contributed by atoms with Crippen LogP contribution in [0.5, 0.6) is 0 Å². The summed E-state index contributed by atoms with van der Waals surface area (Å²) in [6.07, 6.45) is -0.586. The monoisotopic (exact) mass is 610 g/mol. The van der Waals surface area contributed by atoms with E-state index in [1.54, 1.807) is 41.5 Å². The van der Waals surface area contributed by atoms with Gasteiger partial charge in [-0.1, -0.05) is 88.4 Å². The Morgan fingerprint density at radius 2 is 1.35 bits per heavy atom. The lowest BCUT2D eigenvalue weighted by molar-refractivity contribution is -0.136. The largest absolute Gasteiger partial charge is 0.444 e. The highest BCUT2D eigenvalue weighted by Crippen LogP contribution is 2.42. The normalized spacial score (nSPS) is 19.7. The van der Waals surface area contributed by atoms with E-state index in [4.69, 9.17) is 13.9 Å². The highest BCUT2D eigenvalue weighted by atomic mass is 28.4. The SMILES string of the molecule is CC[C@@]1(CNC(=O)OC(C)(C)C)C[C@@H](CO[Si](c2ccccc2)(c2ccccc2)C(C)(C)C)N(C(=O)OC(C)(C)C)C1=O. The van der Waals surface area contributed by atoms with Gasteiger partial charge in [0.15, 0.2) is 0 Å². The van der Waals surface area contributed by atoms with E-state index >= 15 is 0 Å². The molecule has 9 heteroatoms. The molecular formula is C34H50N2O6Si. The molecule has 0 aromatic heterocycles. The first kappa shape index (κ1) is 34.3. The summed E-state index contributed by atoms with van der Waals surface area (Å²) in [7, 11) is -2.95. The lowest BCUT2D eigenvalue weighted by Crippen LogP contribution is -2.67. The molecule has 2 atom stereocenters. The van der Waals surface area contributed by atoms with E-state index in [9.17, 15) is 14.4 Å². The summed E-state index contributed by atoms with van der Waals surface area (Å²) < 4.78 is 18.3. The number of imide groups is 1. The van der Waals surface area contributed by atoms with Gasteiger partial charge in [0.25, 0.3) is 8.32 Å². The first-order chi connectivity index (χ1) is 19.9. The number of hydrogen-bond donors (Lipinski definition) is 1. The maximum absolute atomic E-state index is 14.1. The molecule has 2 aromatic rings. The van der Waals surface area contributed by atoms with E-state index in [-0.39, 0.29) is 24.1 Å². The van der Waals surface area contributed by atoms with Crippen molar-refractivity contribution in [1.29, 1.82) is 0 Å². The molecule has 1 heterocycles. The van der Waals surface area contributed by atoms with Crippen molar-refractivity contribution in [3.63, 3.8) is 0 Å². The van der Waals surface area contributed by atoms with Gasteiger partial charge in [-0.05, 0) is 69.8 Å². The van der Waals surface area contributed by atoms with Gasteiger partial charge in [-0.2, -0.15) is 0 Å². The molecule has 0 bridgehead atoms. The summed E-state index contributed by atoms with van der Waals surface area (Å²) in [5, 5.41) is 4.72. The molecule has 3 rings (SSSR count). The van der Waals surface area contributed by atoms with Crippen molar-refractivity contribution >= 4 is 36.8 Å². The molecule has 2 aromatic carbocycles. The summed E-state index contributed by atoms with van der Waals surface area (Å²) in [5.41, 5.74) is -2.50. The van der Waals surface area contributed by atoms with Crippen LogP contribution in [0.1, 0.15) is 82.1 Å². The van der Waals surface area contributed by atoms with Crippen molar-refractivity contribution in [1.82, 2.24) is 10.2 Å². The smallest absolute Gasteiger partial charge is 0.417 e. The van der Waals surface area contributed by atoms with Crippen LogP contribution < -0.4 is 15.7 Å². The summed E-state index contributed by atoms with van der Waals surface area (Å²) in [5.74, 6) is -0.378. The highest BCUT2D eigenvalue weighted by molar-refractivity contribution is 6.99. The number of carbonyl (C=O) groups is 3. The molecular weight excluding hydrogens is 560 g/mol. The van der Waals surface area contributed by atoms with Gasteiger partial charge >= 0.3 is 12.2 Å². The Kier molecular flexibility index (Phi) is 10.2. The number of alkyl carbamates (subject to hydrolysis) is 1. The molecule has 0 spiro atoms. The number of nitrogens with one attached hydrogen (secondary N) is 1. The predicted molar refractivity (Wildman–Crippen MR) is 172 cm³/mol. The molecule has 0 radical (unpaired) electrons. The molecule has 8 nitrogen and oxygen atoms in total. The lowest BCUT2D eigenvalue weighted by atomic mass is 9.82. The third kappa shape index (κ3) is 7.86. The van der Waals surface area contributed by atoms with E-state index in [0.717, 1.165) is 10.4 Å². The second-order valence-corrected chi connectivity index (χ2v) is 18.8. The molecule has 1 saturated heterocycles. The third-order valence-corrected chi connectivity index (χ3v) is 12.8. The summed E-state index contributed by atoms with van der Waals surface area (Å²) in [4.78, 5) is 41.5. The Hall–Kier alpha value is -3.17. The molecule has 0 unspecified atom stereocenters. The minimum atomic E-state index is -2.95. The van der Waals surface area contributed by atoms with E-state index in [1.807, 2.05) is 43.3 Å². The van der Waals surface area contributed by atoms with Gasteiger partial charge in [-0.25, -0.2) is 14.5 Å². The Bertz CT molecular complexity index is 1220. The molecule has 236 valence electrons. The molecule has 1 aliphatic rings. The Morgan fingerprint density at radius 1 is 0.860 bits per heavy atom. The number of nitrogens with zero attached hydrogens (tertiary/aromatic N) is 1. The average molecular weight is 611 g/mol. The Labute approximate surface area is 258 Å². The predicted octanol–water partition coefficient (Wildman–Crippen LogP) is 6.02. The standard InChI is InChI=1S/C34H50N2O6Si/c1-11-34(24-35-29(38)41-31(2,3)4)22-25(36(28(34)37)30(39)42-32(5,6)7)23-40-43(33(8,9)10,26-18-14-12-15-19-26)27-20-16-13-17-21-27/h12-21,25H,11,22-24H2,1-10H3,(H,35,38)/t25-,34-/m0/s1. The second-order valence-electron chi connectivity index (χ2n) is 14.5. The van der Waals surface area contributed by atoms with Crippen LogP contribution in [-0.2, 0) is 18.7 Å². The van der Waals surface area contributed by atoms with E-state index in [1.165, 1.54) is 4.90 Å². The van der Waals surface area contributed by atoms with Crippen LogP contribution in [0.25, 0.3) is 0 Å². The van der Waals surface area contributed by atoms with Gasteiger partial charge in [0, 0.05) is 6.54 Å². The minimum absolute atomic E-state index is 0.0340. The van der Waals surface area contributed by atoms with Gasteiger partial charge in [0.05, 0.1) is 18.1 Å². The van der Waals surface area contributed by atoms with Crippen LogP contribution in [0, 0.1) is 5.41 Å². The van der Waals surface area contributed by atoms with Crippen LogP contribution in [0.4, 0.5) is 9.59 Å². The van der Waals surface area contributed by atoms with Crippen LogP contribution >= 0.6 is 0 Å². The molecule has 0 aliphatic carbocycles. The number of likely N-dealkylation sites (tertiary alicyclic amines) is 1. The third-order valence-electron chi connectivity index (χ3n) is 7.81. The molecule has 43 heavy (non-hydrogen) atoms. The zero-order valence-corrected chi connectivity index (χ0v) is 28.6. The fraction of sp³-hybridized carbons (Fsp3) is 0.559. The van der Waals surface area contributed by atoms with Crippen LogP contribution in [-0.4, -0.2) is 61.7 Å². The quantitative estimate of drug-likeness (QED) is 0.368. The zero-order chi connectivity index (χ0) is 32.3. The van der Waals surface area contributed by atoms with Crippen molar-refractivity contribution in [2.75, 3.05) is 13.2 Å². The van der Waals surface area contributed by atoms with E-state index in [0.29, 0.717) is 12.8 Å². The van der Waals surface area contributed by atoms with Gasteiger partial charge in [0.1, 0.15) is 11.2 Å². The number of rotatable bonds is 8. The van der Waals surface area contributed by atoms with Crippen molar-refractivity contribution in [2.24, 2.45) is 5.41 Å². The minimum Gasteiger partial charge on any atom is -0.444 e. The molecule has 3 amide bonds. The summed E-state index contributed by atoms with van der Waals surface area (Å²) >= 11 is 0. The lowest BCUT2D eigenvalue weighted by Gasteiger charge is -2.44. The summed E-state index contributed by atoms with van der Waals surface area (Å²) in [6.45, 7) is 19.3. The van der Waals surface area contributed by atoms with E-state index in [2.05, 4.69) is 50.4 Å². The van der Waals surface area contributed by atoms with Gasteiger partial charge in [0.2, 0.25) is 5.91 Å². The number of ether oxygens (including phenoxy) is 2. The second kappa shape index (κ2) is 12.8. The Balaban J connectivity index is 2.04. The Morgan fingerprint density at radius 3 is 1.77 bits per heavy atom. The number of hydrogen-bond acceptors (Lipinski definition) is 6. The van der Waals surface area contributed by atoms with Crippen molar-refractivity contribution in [3.05, 3.63) is 60.7 Å². The van der Waals surface area contributed by atoms with Crippen LogP contribution in [0.15, 0.2) is 60.7 Å². The van der Waals surface area contributed by atoms with Crippen molar-refractivity contribution in [3.8, 4) is 0 Å². The maximum atomic E-state index is 14.1. The molecule has 1 N–H and O–H groups in total. The molecule has 1 fully saturated rings. The first-order valence-electron chi connectivity index (χ1n) is 15.1. The van der Waals surface area contributed by atoms with E-state index < -0.39 is 43.2 Å². The number of carbonyl (C=O) groups excluding carboxylic acids is 3. The fourth-order valence-electron chi connectivity index (χ4n) is 5.83. The topological polar surface area (TPSA) is 94.2 Å². The first-order valence-corrected chi connectivity index (χ1v) is 17.0. The van der Waals surface area contributed by atoms with Gasteiger partial charge < -0.3 is 19.2 Å². The number of benzene rings is 2. The van der Waals surface area contributed by atoms with Crippen molar-refractivity contribution in [2.45, 2.75) is 104 Å². The average Bonchev–Trinajstić information content (AvgIpc) is 3.18. The summed E-state index contributed by atoms with van der Waals surface area (Å²) in [6, 6.07) is 19.9. The van der Waals surface area contributed by atoms with Crippen LogP contribution in [0.2, 0.25) is 5.04 Å². The molecule has 1 aliphatic heterocycles. The fourth-order valence-corrected chi connectivity index (χ4v) is 10.4. The van der Waals surface area contributed by atoms with Crippen LogP contribution in [0.3, 0.4) is 0 Å². The number of amides is 3. The van der Waals surface area contributed by atoms with Gasteiger partial charge in [-0.15, -0.1) is 0 Å². The highest BCUT2D eigenvalue weighted by Gasteiger charge is 2.56. The molecule has 0 saturated carbocycles. The maximum Gasteiger partial charge on any atom is 0.417 e. The zero-order valence-electron chi connectivity index (χ0n) is 27.6. The van der Waals surface area contributed by atoms with Crippen molar-refractivity contribution < 1.29 is 28.3 Å². The van der Waals surface area contributed by atoms with Gasteiger partial charge in [-0.3, -0.25) is 4.79 Å².